The number of methoxy groups -OCH3 is 2. The second-order valence-electron chi connectivity index (χ2n) is 8.46. The van der Waals surface area contributed by atoms with Crippen LogP contribution in [-0.4, -0.2) is 48.6 Å². The monoisotopic (exact) mass is 552 g/mol. The molecule has 11 heteroatoms. The van der Waals surface area contributed by atoms with Gasteiger partial charge in [0.05, 0.1) is 30.1 Å². The summed E-state index contributed by atoms with van der Waals surface area (Å²) in [6.45, 7) is 3.63. The van der Waals surface area contributed by atoms with Crippen LogP contribution < -0.4 is 14.8 Å². The van der Waals surface area contributed by atoms with Gasteiger partial charge in [0, 0.05) is 11.8 Å². The Hall–Kier alpha value is -3.83. The average Bonchev–Trinajstić information content (AvgIpc) is 3.30. The quantitative estimate of drug-likeness (QED) is 0.282. The highest BCUT2D eigenvalue weighted by atomic mass is 32.2. The van der Waals surface area contributed by atoms with E-state index < -0.39 is 15.1 Å². The fourth-order valence-corrected chi connectivity index (χ4v) is 5.79. The molecule has 0 radical (unpaired) electrons. The Labute approximate surface area is 226 Å². The second-order valence-corrected chi connectivity index (χ2v) is 11.8. The molecule has 0 bridgehead atoms. The molecule has 1 N–H and O–H groups in total. The van der Waals surface area contributed by atoms with Gasteiger partial charge < -0.3 is 14.8 Å². The number of thioether (sulfide) groups is 1. The Bertz CT molecular complexity index is 1520. The van der Waals surface area contributed by atoms with Crippen LogP contribution >= 0.6 is 11.8 Å². The van der Waals surface area contributed by atoms with Crippen molar-refractivity contribution in [3.63, 3.8) is 0 Å². The molecule has 198 valence electrons. The van der Waals surface area contributed by atoms with E-state index in [-0.39, 0.29) is 22.4 Å². The SMILES string of the molecule is COc1ccc(OC)c(NC(=O)C(C)Sc2nnc(CS(=O)(=O)c3ccc(C)cc3)n2-c2ccccc2)c1. The number of nitrogens with zero attached hydrogens (tertiary/aromatic N) is 3. The first-order chi connectivity index (χ1) is 18.2. The number of anilines is 1. The van der Waals surface area contributed by atoms with Crippen LogP contribution in [0.1, 0.15) is 18.3 Å². The molecule has 9 nitrogen and oxygen atoms in total. The van der Waals surface area contributed by atoms with Crippen molar-refractivity contribution >= 4 is 33.2 Å². The third-order valence-electron chi connectivity index (χ3n) is 5.73. The summed E-state index contributed by atoms with van der Waals surface area (Å²) in [7, 11) is -0.626. The van der Waals surface area contributed by atoms with Crippen LogP contribution in [0.15, 0.2) is 82.8 Å². The fraction of sp³-hybridized carbons (Fsp3) is 0.222. The Morgan fingerprint density at radius 3 is 2.37 bits per heavy atom. The molecule has 0 fully saturated rings. The zero-order chi connectivity index (χ0) is 27.3. The average molecular weight is 553 g/mol. The lowest BCUT2D eigenvalue weighted by molar-refractivity contribution is -0.115. The molecule has 1 unspecified atom stereocenters. The van der Waals surface area contributed by atoms with E-state index >= 15 is 0 Å². The number of carbonyl (C=O) groups is 1. The predicted octanol–water partition coefficient (Wildman–Crippen LogP) is 4.69. The highest BCUT2D eigenvalue weighted by molar-refractivity contribution is 8.00. The number of amides is 1. The topological polar surface area (TPSA) is 112 Å². The number of benzene rings is 3. The number of aryl methyl sites for hydroxylation is 1. The molecule has 1 amide bonds. The molecule has 0 aliphatic heterocycles. The number of nitrogens with one attached hydrogen (secondary N) is 1. The summed E-state index contributed by atoms with van der Waals surface area (Å²) in [5, 5.41) is 11.1. The summed E-state index contributed by atoms with van der Waals surface area (Å²) in [4.78, 5) is 13.3. The van der Waals surface area contributed by atoms with E-state index in [2.05, 4.69) is 15.5 Å². The molecule has 0 spiro atoms. The number of hydrogen-bond donors (Lipinski definition) is 1. The van der Waals surface area contributed by atoms with Crippen molar-refractivity contribution in [3.8, 4) is 17.2 Å². The third kappa shape index (κ3) is 6.17. The van der Waals surface area contributed by atoms with Crippen LogP contribution in [0.2, 0.25) is 0 Å². The highest BCUT2D eigenvalue weighted by Gasteiger charge is 2.25. The van der Waals surface area contributed by atoms with Crippen molar-refractivity contribution in [2.75, 3.05) is 19.5 Å². The predicted molar refractivity (Wildman–Crippen MR) is 147 cm³/mol. The fourth-order valence-electron chi connectivity index (χ4n) is 3.66. The van der Waals surface area contributed by atoms with E-state index in [4.69, 9.17) is 9.47 Å². The molecule has 3 aromatic carbocycles. The van der Waals surface area contributed by atoms with Crippen LogP contribution in [0.4, 0.5) is 5.69 Å². The van der Waals surface area contributed by atoms with Gasteiger partial charge in [-0.1, -0.05) is 47.7 Å². The van der Waals surface area contributed by atoms with Crippen LogP contribution in [0.5, 0.6) is 11.5 Å². The van der Waals surface area contributed by atoms with E-state index in [9.17, 15) is 13.2 Å². The third-order valence-corrected chi connectivity index (χ3v) is 8.40. The maximum Gasteiger partial charge on any atom is 0.237 e. The van der Waals surface area contributed by atoms with E-state index in [1.807, 2.05) is 37.3 Å². The van der Waals surface area contributed by atoms with Gasteiger partial charge in [-0.3, -0.25) is 9.36 Å². The Morgan fingerprint density at radius 2 is 1.71 bits per heavy atom. The van der Waals surface area contributed by atoms with Crippen LogP contribution in [0.3, 0.4) is 0 Å². The molecule has 0 aliphatic rings. The Kier molecular flexibility index (Phi) is 8.38. The van der Waals surface area contributed by atoms with Gasteiger partial charge >= 0.3 is 0 Å². The van der Waals surface area contributed by atoms with Crippen molar-refractivity contribution in [1.29, 1.82) is 0 Å². The van der Waals surface area contributed by atoms with Gasteiger partial charge in [-0.2, -0.15) is 0 Å². The number of ether oxygens (including phenoxy) is 2. The highest BCUT2D eigenvalue weighted by Crippen LogP contribution is 2.31. The van der Waals surface area contributed by atoms with Gasteiger partial charge in [0.1, 0.15) is 17.3 Å². The number of aromatic nitrogens is 3. The minimum absolute atomic E-state index is 0.208. The van der Waals surface area contributed by atoms with Crippen LogP contribution in [-0.2, 0) is 20.4 Å². The summed E-state index contributed by atoms with van der Waals surface area (Å²) < 4.78 is 38.6. The normalized spacial score (nSPS) is 12.1. The molecule has 4 rings (SSSR count). The number of hydrogen-bond acceptors (Lipinski definition) is 8. The van der Waals surface area contributed by atoms with Gasteiger partial charge in [0.2, 0.25) is 5.91 Å². The Balaban J connectivity index is 1.61. The summed E-state index contributed by atoms with van der Waals surface area (Å²) in [5.41, 5.74) is 2.13. The van der Waals surface area contributed by atoms with Gasteiger partial charge in [-0.05, 0) is 50.2 Å². The van der Waals surface area contributed by atoms with Crippen LogP contribution in [0, 0.1) is 6.92 Å². The molecule has 1 heterocycles. The van der Waals surface area contributed by atoms with Gasteiger partial charge in [-0.25, -0.2) is 8.42 Å². The number of carbonyl (C=O) groups excluding carboxylic acids is 1. The first-order valence-electron chi connectivity index (χ1n) is 11.7. The first-order valence-corrected chi connectivity index (χ1v) is 14.2. The van der Waals surface area contributed by atoms with Crippen molar-refractivity contribution in [1.82, 2.24) is 14.8 Å². The minimum Gasteiger partial charge on any atom is -0.497 e. The Morgan fingerprint density at radius 1 is 1.00 bits per heavy atom. The lowest BCUT2D eigenvalue weighted by Crippen LogP contribution is -2.23. The standard InChI is InChI=1S/C27H28N4O5S2/c1-18-10-13-22(14-11-18)38(33,34)17-25-29-30-27(31(25)20-8-6-5-7-9-20)37-19(2)26(32)28-23-16-21(35-3)12-15-24(23)36-4/h5-16,19H,17H2,1-4H3,(H,28,32). The summed E-state index contributed by atoms with van der Waals surface area (Å²) in [6.07, 6.45) is 0. The lowest BCUT2D eigenvalue weighted by atomic mass is 10.2. The van der Waals surface area contributed by atoms with Gasteiger partial charge in [0.25, 0.3) is 0 Å². The zero-order valence-corrected chi connectivity index (χ0v) is 23.0. The molecule has 1 atom stereocenters. The molecule has 0 saturated carbocycles. The number of rotatable bonds is 10. The molecule has 0 saturated heterocycles. The molecular weight excluding hydrogens is 524 g/mol. The minimum atomic E-state index is -3.68. The lowest BCUT2D eigenvalue weighted by Gasteiger charge is -2.16. The first kappa shape index (κ1) is 27.2. The summed E-state index contributed by atoms with van der Waals surface area (Å²) in [6, 6.07) is 21.0. The van der Waals surface area contributed by atoms with Crippen LogP contribution in [0.25, 0.3) is 5.69 Å². The molecule has 38 heavy (non-hydrogen) atoms. The van der Waals surface area contributed by atoms with Crippen molar-refractivity contribution in [2.24, 2.45) is 0 Å². The molecule has 0 aliphatic carbocycles. The molecule has 1 aromatic heterocycles. The molecule has 4 aromatic rings. The van der Waals surface area contributed by atoms with E-state index in [1.54, 1.807) is 61.1 Å². The van der Waals surface area contributed by atoms with Gasteiger partial charge in [0.15, 0.2) is 20.8 Å². The van der Waals surface area contributed by atoms with E-state index in [1.165, 1.54) is 18.9 Å². The van der Waals surface area contributed by atoms with Crippen molar-refractivity contribution in [2.45, 2.75) is 34.9 Å². The maximum atomic E-state index is 13.2. The maximum absolute atomic E-state index is 13.2. The summed E-state index contributed by atoms with van der Waals surface area (Å²) >= 11 is 1.17. The second kappa shape index (κ2) is 11.7. The number of sulfone groups is 1. The van der Waals surface area contributed by atoms with E-state index in [0.717, 1.165) is 5.56 Å². The number of para-hydroxylation sites is 1. The molecular formula is C27H28N4O5S2. The van der Waals surface area contributed by atoms with E-state index in [0.29, 0.717) is 28.0 Å². The van der Waals surface area contributed by atoms with Crippen molar-refractivity contribution in [3.05, 3.63) is 84.2 Å². The zero-order valence-electron chi connectivity index (χ0n) is 21.4. The largest absolute Gasteiger partial charge is 0.497 e. The van der Waals surface area contributed by atoms with Gasteiger partial charge in [-0.15, -0.1) is 10.2 Å². The summed E-state index contributed by atoms with van der Waals surface area (Å²) in [5.74, 6) is 0.677. The van der Waals surface area contributed by atoms with Crippen molar-refractivity contribution < 1.29 is 22.7 Å². The smallest absolute Gasteiger partial charge is 0.237 e.